The zero-order valence-electron chi connectivity index (χ0n) is 33.6. The summed E-state index contributed by atoms with van der Waals surface area (Å²) < 4.78 is 16.1. The predicted octanol–water partition coefficient (Wildman–Crippen LogP) is 5.89. The number of rotatable bonds is 18. The molecular weight excluding hydrogens is 716 g/mol. The van der Waals surface area contributed by atoms with Crippen molar-refractivity contribution in [1.82, 2.24) is 14.7 Å². The first kappa shape index (κ1) is 44.9. The van der Waals surface area contributed by atoms with Crippen molar-refractivity contribution in [1.29, 1.82) is 0 Å². The summed E-state index contributed by atoms with van der Waals surface area (Å²) in [7, 11) is 1.49. The molecule has 56 heavy (non-hydrogen) atoms. The van der Waals surface area contributed by atoms with Crippen molar-refractivity contribution in [2.75, 3.05) is 88.7 Å². The van der Waals surface area contributed by atoms with Gasteiger partial charge in [0.25, 0.3) is 5.91 Å². The standard InChI is InChI=1S/C40H52N6O8.C2H6/c1-29(2)16-18-45(27-36(47)41-32-12-14-33(15-13-32)42-40(51)43-35-11-6-5-8-30(35)3)37(48)28-46(39(50)31-9-7-10-34(26-31)52-4)19-17-38(49)54-25-22-44-20-23-53-24-21-44;1-2/h5-15,26,29H,16-25,27-28H2,1-4H3,(H,41,47)(H2,42,43,51);1-2H3. The van der Waals surface area contributed by atoms with Crippen molar-refractivity contribution in [2.24, 2.45) is 5.92 Å². The fourth-order valence-electron chi connectivity index (χ4n) is 5.58. The van der Waals surface area contributed by atoms with Gasteiger partial charge in [-0.15, -0.1) is 0 Å². The van der Waals surface area contributed by atoms with Crippen LogP contribution in [0.2, 0.25) is 0 Å². The smallest absolute Gasteiger partial charge is 0.323 e. The van der Waals surface area contributed by atoms with Crippen molar-refractivity contribution < 1.29 is 38.2 Å². The first-order chi connectivity index (χ1) is 27.0. The molecule has 5 amide bonds. The van der Waals surface area contributed by atoms with E-state index in [-0.39, 0.29) is 45.1 Å². The number of nitrogens with one attached hydrogen (secondary N) is 3. The number of urea groups is 1. The van der Waals surface area contributed by atoms with Crippen LogP contribution in [0.15, 0.2) is 72.8 Å². The normalized spacial score (nSPS) is 12.4. The van der Waals surface area contributed by atoms with E-state index in [4.69, 9.17) is 14.2 Å². The topological polar surface area (TPSA) is 159 Å². The van der Waals surface area contributed by atoms with Crippen molar-refractivity contribution in [2.45, 2.75) is 47.5 Å². The predicted molar refractivity (Wildman–Crippen MR) is 218 cm³/mol. The lowest BCUT2D eigenvalue weighted by Gasteiger charge is -2.28. The van der Waals surface area contributed by atoms with Crippen molar-refractivity contribution in [3.05, 3.63) is 83.9 Å². The van der Waals surface area contributed by atoms with Crippen LogP contribution in [-0.4, -0.2) is 117 Å². The lowest BCUT2D eigenvalue weighted by Crippen LogP contribution is -2.46. The summed E-state index contributed by atoms with van der Waals surface area (Å²) in [6.45, 7) is 13.2. The van der Waals surface area contributed by atoms with E-state index >= 15 is 0 Å². The van der Waals surface area contributed by atoms with Gasteiger partial charge in [-0.1, -0.05) is 52.0 Å². The van der Waals surface area contributed by atoms with Crippen LogP contribution in [0.4, 0.5) is 21.9 Å². The summed E-state index contributed by atoms with van der Waals surface area (Å²) in [6.07, 6.45) is 0.514. The molecule has 304 valence electrons. The highest BCUT2D eigenvalue weighted by atomic mass is 16.5. The van der Waals surface area contributed by atoms with Crippen LogP contribution in [0.3, 0.4) is 0 Å². The van der Waals surface area contributed by atoms with Gasteiger partial charge in [0.15, 0.2) is 0 Å². The van der Waals surface area contributed by atoms with Crippen LogP contribution in [0.5, 0.6) is 5.75 Å². The Kier molecular flexibility index (Phi) is 19.4. The van der Waals surface area contributed by atoms with E-state index in [0.29, 0.717) is 54.6 Å². The quantitative estimate of drug-likeness (QED) is 0.134. The highest BCUT2D eigenvalue weighted by Crippen LogP contribution is 2.18. The van der Waals surface area contributed by atoms with Crippen molar-refractivity contribution in [3.8, 4) is 5.75 Å². The largest absolute Gasteiger partial charge is 0.497 e. The summed E-state index contributed by atoms with van der Waals surface area (Å²) in [5.41, 5.74) is 2.91. The molecule has 0 saturated carbocycles. The van der Waals surface area contributed by atoms with Gasteiger partial charge in [0.2, 0.25) is 11.8 Å². The molecule has 0 aliphatic carbocycles. The SMILES string of the molecule is CC.COc1cccc(C(=O)N(CCC(=O)OCCN2CCOCC2)CC(=O)N(CCC(C)C)CC(=O)Nc2ccc(NC(=O)Nc3ccccc3C)cc2)c1. The fraction of sp³-hybridized carbons (Fsp3) is 0.452. The van der Waals surface area contributed by atoms with Gasteiger partial charge in [0.1, 0.15) is 18.9 Å². The second-order valence-electron chi connectivity index (χ2n) is 13.4. The summed E-state index contributed by atoms with van der Waals surface area (Å²) in [5, 5.41) is 8.39. The Morgan fingerprint density at radius 2 is 1.50 bits per heavy atom. The Morgan fingerprint density at radius 1 is 0.821 bits per heavy atom. The molecule has 3 N–H and O–H groups in total. The van der Waals surface area contributed by atoms with E-state index < -0.39 is 29.7 Å². The molecule has 3 aromatic carbocycles. The molecule has 0 spiro atoms. The Hall–Kier alpha value is -5.47. The summed E-state index contributed by atoms with van der Waals surface area (Å²) in [4.78, 5) is 71.0. The van der Waals surface area contributed by atoms with E-state index in [1.54, 1.807) is 48.5 Å². The minimum Gasteiger partial charge on any atom is -0.497 e. The average Bonchev–Trinajstić information content (AvgIpc) is 3.20. The molecule has 0 atom stereocenters. The van der Waals surface area contributed by atoms with Gasteiger partial charge in [-0.25, -0.2) is 4.79 Å². The number of morpholine rings is 1. The molecule has 3 aromatic rings. The molecule has 0 radical (unpaired) electrons. The zero-order chi connectivity index (χ0) is 40.9. The maximum Gasteiger partial charge on any atom is 0.323 e. The maximum absolute atomic E-state index is 13.9. The van der Waals surface area contributed by atoms with E-state index in [1.807, 2.05) is 58.9 Å². The molecule has 0 bridgehead atoms. The minimum absolute atomic E-state index is 0.0637. The van der Waals surface area contributed by atoms with Crippen LogP contribution in [-0.2, 0) is 23.9 Å². The molecule has 0 aromatic heterocycles. The highest BCUT2D eigenvalue weighted by Gasteiger charge is 2.25. The number of esters is 1. The van der Waals surface area contributed by atoms with E-state index in [9.17, 15) is 24.0 Å². The highest BCUT2D eigenvalue weighted by molar-refractivity contribution is 6.01. The second kappa shape index (κ2) is 24.1. The molecule has 14 nitrogen and oxygen atoms in total. The number of aryl methyl sites for hydroxylation is 1. The molecule has 4 rings (SSSR count). The minimum atomic E-state index is -0.483. The summed E-state index contributed by atoms with van der Waals surface area (Å²) in [6, 6.07) is 20.2. The number of carbonyl (C=O) groups is 5. The summed E-state index contributed by atoms with van der Waals surface area (Å²) in [5.74, 6) is -1.10. The first-order valence-corrected chi connectivity index (χ1v) is 19.2. The average molecular weight is 775 g/mol. The van der Waals surface area contributed by atoms with E-state index in [0.717, 1.165) is 18.7 Å². The van der Waals surface area contributed by atoms with Crippen LogP contribution in [0.1, 0.15) is 56.5 Å². The molecular formula is C42H58N6O8. The molecule has 1 aliphatic rings. The number of carbonyl (C=O) groups excluding carboxylic acids is 5. The van der Waals surface area contributed by atoms with Gasteiger partial charge >= 0.3 is 12.0 Å². The number of hydrogen-bond acceptors (Lipinski definition) is 9. The van der Waals surface area contributed by atoms with Gasteiger partial charge in [-0.2, -0.15) is 0 Å². The van der Waals surface area contributed by atoms with Gasteiger partial charge < -0.3 is 40.0 Å². The number of anilines is 3. The Bertz CT molecular complexity index is 1710. The van der Waals surface area contributed by atoms with E-state index in [2.05, 4.69) is 20.9 Å². The third-order valence-electron chi connectivity index (χ3n) is 8.77. The fourth-order valence-corrected chi connectivity index (χ4v) is 5.58. The van der Waals surface area contributed by atoms with Gasteiger partial charge in [-0.05, 0) is 73.4 Å². The van der Waals surface area contributed by atoms with Crippen molar-refractivity contribution in [3.63, 3.8) is 0 Å². The Labute approximate surface area is 330 Å². The van der Waals surface area contributed by atoms with Crippen LogP contribution >= 0.6 is 0 Å². The molecule has 14 heteroatoms. The van der Waals surface area contributed by atoms with Gasteiger partial charge in [0.05, 0.1) is 33.3 Å². The van der Waals surface area contributed by atoms with Crippen LogP contribution < -0.4 is 20.7 Å². The Balaban J connectivity index is 0.00000414. The van der Waals surface area contributed by atoms with Crippen LogP contribution in [0.25, 0.3) is 0 Å². The number of nitrogens with zero attached hydrogens (tertiary/aromatic N) is 3. The second-order valence-corrected chi connectivity index (χ2v) is 13.4. The van der Waals surface area contributed by atoms with Crippen molar-refractivity contribution >= 4 is 46.8 Å². The maximum atomic E-state index is 13.9. The lowest BCUT2D eigenvalue weighted by molar-refractivity contribution is -0.145. The number of benzene rings is 3. The third kappa shape index (κ3) is 15.7. The number of methoxy groups -OCH3 is 1. The molecule has 1 saturated heterocycles. The lowest BCUT2D eigenvalue weighted by atomic mass is 10.1. The number of para-hydroxylation sites is 1. The van der Waals surface area contributed by atoms with E-state index in [1.165, 1.54) is 16.9 Å². The van der Waals surface area contributed by atoms with Crippen LogP contribution in [0, 0.1) is 12.8 Å². The Morgan fingerprint density at radius 3 is 2.16 bits per heavy atom. The molecule has 0 unspecified atom stereocenters. The first-order valence-electron chi connectivity index (χ1n) is 19.2. The molecule has 1 aliphatic heterocycles. The zero-order valence-corrected chi connectivity index (χ0v) is 33.6. The number of ether oxygens (including phenoxy) is 3. The third-order valence-corrected chi connectivity index (χ3v) is 8.77. The number of amides is 5. The van der Waals surface area contributed by atoms with Gasteiger partial charge in [-0.3, -0.25) is 24.1 Å². The summed E-state index contributed by atoms with van der Waals surface area (Å²) >= 11 is 0. The number of hydrogen-bond donors (Lipinski definition) is 3. The molecule has 1 fully saturated rings. The van der Waals surface area contributed by atoms with Gasteiger partial charge in [0, 0.05) is 55.3 Å². The molecule has 1 heterocycles. The monoisotopic (exact) mass is 774 g/mol.